The van der Waals surface area contributed by atoms with E-state index in [2.05, 4.69) is 10.2 Å². The summed E-state index contributed by atoms with van der Waals surface area (Å²) in [4.78, 5) is 14.5. The van der Waals surface area contributed by atoms with Crippen LogP contribution in [0.2, 0.25) is 5.02 Å². The largest absolute Gasteiger partial charge is 0.344 e. The zero-order chi connectivity index (χ0) is 17.8. The van der Waals surface area contributed by atoms with Gasteiger partial charge in [-0.25, -0.2) is 0 Å². The van der Waals surface area contributed by atoms with Crippen LogP contribution in [0.1, 0.15) is 32.1 Å². The number of hydrogen-bond acceptors (Lipinski definition) is 3. The van der Waals surface area contributed by atoms with Crippen LogP contribution in [0.5, 0.6) is 0 Å². The number of hydrogen-bond donors (Lipinski definition) is 1. The van der Waals surface area contributed by atoms with Crippen molar-refractivity contribution in [3.63, 3.8) is 0 Å². The van der Waals surface area contributed by atoms with Crippen LogP contribution < -0.4 is 0 Å². The standard InChI is InChI=1S/C18H23ClN4OS/c1-22(11-13-5-3-2-4-6-13)16(24)12-23-17(20-21-18(23)25)14-7-9-15(19)10-8-14/h7-10,13H,2-6,11-12H2,1H3,(H,21,25). The van der Waals surface area contributed by atoms with Gasteiger partial charge in [-0.15, -0.1) is 0 Å². The summed E-state index contributed by atoms with van der Waals surface area (Å²) in [5, 5.41) is 7.72. The lowest BCUT2D eigenvalue weighted by atomic mass is 9.89. The first kappa shape index (κ1) is 18.1. The van der Waals surface area contributed by atoms with E-state index in [4.69, 9.17) is 23.8 Å². The third kappa shape index (κ3) is 4.50. The molecule has 1 aromatic carbocycles. The number of amides is 1. The molecule has 1 N–H and O–H groups in total. The maximum absolute atomic E-state index is 12.7. The molecule has 134 valence electrons. The normalized spacial score (nSPS) is 15.3. The molecule has 1 amide bonds. The number of aromatic nitrogens is 3. The van der Waals surface area contributed by atoms with Crippen molar-refractivity contribution in [3.8, 4) is 11.4 Å². The van der Waals surface area contributed by atoms with Crippen molar-refractivity contribution < 1.29 is 4.79 Å². The number of nitrogens with one attached hydrogen (secondary N) is 1. The van der Waals surface area contributed by atoms with E-state index in [0.717, 1.165) is 12.1 Å². The minimum Gasteiger partial charge on any atom is -0.344 e. The Morgan fingerprint density at radius 1 is 1.32 bits per heavy atom. The molecule has 3 rings (SSSR count). The fraction of sp³-hybridized carbons (Fsp3) is 0.500. The molecule has 0 saturated heterocycles. The summed E-state index contributed by atoms with van der Waals surface area (Å²) in [6.07, 6.45) is 6.32. The quantitative estimate of drug-likeness (QED) is 0.789. The molecule has 25 heavy (non-hydrogen) atoms. The van der Waals surface area contributed by atoms with Crippen LogP contribution in [0.4, 0.5) is 0 Å². The Kier molecular flexibility index (Phi) is 5.91. The second-order valence-corrected chi connectivity index (χ2v) is 7.55. The first-order valence-corrected chi connectivity index (χ1v) is 9.48. The van der Waals surface area contributed by atoms with E-state index in [1.54, 1.807) is 16.7 Å². The summed E-state index contributed by atoms with van der Waals surface area (Å²) in [5.74, 6) is 1.33. The predicted octanol–water partition coefficient (Wildman–Crippen LogP) is 4.30. The van der Waals surface area contributed by atoms with E-state index in [1.807, 2.05) is 24.1 Å². The average Bonchev–Trinajstić information content (AvgIpc) is 2.97. The Labute approximate surface area is 158 Å². The van der Waals surface area contributed by atoms with E-state index in [9.17, 15) is 4.79 Å². The van der Waals surface area contributed by atoms with Crippen molar-refractivity contribution in [3.05, 3.63) is 34.1 Å². The molecule has 2 aromatic rings. The summed E-state index contributed by atoms with van der Waals surface area (Å²) >= 11 is 11.3. The lowest BCUT2D eigenvalue weighted by Crippen LogP contribution is -2.35. The molecule has 1 aromatic heterocycles. The summed E-state index contributed by atoms with van der Waals surface area (Å²) < 4.78 is 2.20. The van der Waals surface area contributed by atoms with Crippen molar-refractivity contribution in [2.45, 2.75) is 38.6 Å². The van der Waals surface area contributed by atoms with Gasteiger partial charge in [0.2, 0.25) is 5.91 Å². The SMILES string of the molecule is CN(CC1CCCCC1)C(=O)Cn1c(-c2ccc(Cl)cc2)n[nH]c1=S. The fourth-order valence-electron chi connectivity index (χ4n) is 3.40. The molecule has 0 spiro atoms. The van der Waals surface area contributed by atoms with Crippen molar-refractivity contribution in [2.24, 2.45) is 5.92 Å². The molecule has 0 unspecified atom stereocenters. The van der Waals surface area contributed by atoms with Gasteiger partial charge in [0.15, 0.2) is 10.6 Å². The molecule has 0 aliphatic heterocycles. The highest BCUT2D eigenvalue weighted by atomic mass is 35.5. The highest BCUT2D eigenvalue weighted by Crippen LogP contribution is 2.24. The van der Waals surface area contributed by atoms with E-state index in [0.29, 0.717) is 21.5 Å². The molecule has 1 heterocycles. The van der Waals surface area contributed by atoms with Gasteiger partial charge in [0.05, 0.1) is 0 Å². The maximum atomic E-state index is 12.7. The van der Waals surface area contributed by atoms with Crippen molar-refractivity contribution in [1.29, 1.82) is 0 Å². The van der Waals surface area contributed by atoms with E-state index in [-0.39, 0.29) is 12.5 Å². The maximum Gasteiger partial charge on any atom is 0.242 e. The number of carbonyl (C=O) groups excluding carboxylic acids is 1. The minimum atomic E-state index is 0.0540. The molecular formula is C18H23ClN4OS. The minimum absolute atomic E-state index is 0.0540. The first-order valence-electron chi connectivity index (χ1n) is 8.69. The first-order chi connectivity index (χ1) is 12.0. The zero-order valence-corrected chi connectivity index (χ0v) is 15.9. The topological polar surface area (TPSA) is 53.9 Å². The van der Waals surface area contributed by atoms with Crippen molar-refractivity contribution >= 4 is 29.7 Å². The molecule has 0 bridgehead atoms. The molecule has 1 aliphatic carbocycles. The summed E-state index contributed by atoms with van der Waals surface area (Å²) in [7, 11) is 1.88. The second kappa shape index (κ2) is 8.15. The lowest BCUT2D eigenvalue weighted by molar-refractivity contribution is -0.131. The van der Waals surface area contributed by atoms with E-state index >= 15 is 0 Å². The molecule has 0 radical (unpaired) electrons. The van der Waals surface area contributed by atoms with Crippen LogP contribution in [0.3, 0.4) is 0 Å². The number of H-pyrrole nitrogens is 1. The zero-order valence-electron chi connectivity index (χ0n) is 14.4. The van der Waals surface area contributed by atoms with Gasteiger partial charge in [0.1, 0.15) is 6.54 Å². The lowest BCUT2D eigenvalue weighted by Gasteiger charge is -2.27. The van der Waals surface area contributed by atoms with Crippen LogP contribution in [-0.4, -0.2) is 39.2 Å². The Morgan fingerprint density at radius 2 is 2.00 bits per heavy atom. The highest BCUT2D eigenvalue weighted by molar-refractivity contribution is 7.71. The smallest absolute Gasteiger partial charge is 0.242 e. The van der Waals surface area contributed by atoms with Gasteiger partial charge in [-0.3, -0.25) is 14.5 Å². The predicted molar refractivity (Wildman–Crippen MR) is 102 cm³/mol. The molecule has 7 heteroatoms. The summed E-state index contributed by atoms with van der Waals surface area (Å²) in [6.45, 7) is 1.01. The number of aromatic amines is 1. The third-order valence-corrected chi connectivity index (χ3v) is 5.40. The van der Waals surface area contributed by atoms with Crippen LogP contribution in [0, 0.1) is 10.7 Å². The summed E-state index contributed by atoms with van der Waals surface area (Å²) in [6, 6.07) is 7.35. The van der Waals surface area contributed by atoms with Crippen LogP contribution in [0.25, 0.3) is 11.4 Å². The van der Waals surface area contributed by atoms with Crippen LogP contribution in [0.15, 0.2) is 24.3 Å². The Hall–Kier alpha value is -1.66. The Balaban J connectivity index is 1.71. The number of likely N-dealkylation sites (N-methyl/N-ethyl adjacent to an activating group) is 1. The second-order valence-electron chi connectivity index (χ2n) is 6.72. The molecule has 1 aliphatic rings. The number of benzene rings is 1. The van der Waals surface area contributed by atoms with Gasteiger partial charge in [0, 0.05) is 24.2 Å². The van der Waals surface area contributed by atoms with Gasteiger partial charge >= 0.3 is 0 Å². The summed E-state index contributed by atoms with van der Waals surface area (Å²) in [5.41, 5.74) is 0.875. The Bertz CT molecular complexity index is 777. The van der Waals surface area contributed by atoms with E-state index < -0.39 is 0 Å². The fourth-order valence-corrected chi connectivity index (χ4v) is 3.72. The number of carbonyl (C=O) groups is 1. The third-order valence-electron chi connectivity index (χ3n) is 4.84. The van der Waals surface area contributed by atoms with Crippen LogP contribution >= 0.6 is 23.8 Å². The number of rotatable bonds is 5. The van der Waals surface area contributed by atoms with Gasteiger partial charge in [0.25, 0.3) is 0 Å². The molecule has 0 atom stereocenters. The number of halogens is 1. The molecular weight excluding hydrogens is 356 g/mol. The van der Waals surface area contributed by atoms with Crippen molar-refractivity contribution in [2.75, 3.05) is 13.6 Å². The van der Waals surface area contributed by atoms with Crippen molar-refractivity contribution in [1.82, 2.24) is 19.7 Å². The molecule has 5 nitrogen and oxygen atoms in total. The number of nitrogens with zero attached hydrogens (tertiary/aromatic N) is 3. The van der Waals surface area contributed by atoms with Gasteiger partial charge < -0.3 is 4.90 Å². The van der Waals surface area contributed by atoms with Crippen LogP contribution in [-0.2, 0) is 11.3 Å². The Morgan fingerprint density at radius 3 is 2.68 bits per heavy atom. The van der Waals surface area contributed by atoms with Gasteiger partial charge in [-0.1, -0.05) is 30.9 Å². The molecule has 1 saturated carbocycles. The van der Waals surface area contributed by atoms with Gasteiger partial charge in [-0.05, 0) is 55.2 Å². The highest BCUT2D eigenvalue weighted by Gasteiger charge is 2.20. The average molecular weight is 379 g/mol. The monoisotopic (exact) mass is 378 g/mol. The molecule has 1 fully saturated rings. The van der Waals surface area contributed by atoms with Gasteiger partial charge in [-0.2, -0.15) is 5.10 Å². The van der Waals surface area contributed by atoms with E-state index in [1.165, 1.54) is 32.1 Å².